The molecule has 0 aliphatic carbocycles. The third-order valence-corrected chi connectivity index (χ3v) is 4.04. The van der Waals surface area contributed by atoms with E-state index in [1.54, 1.807) is 6.92 Å². The van der Waals surface area contributed by atoms with Crippen molar-refractivity contribution in [3.8, 4) is 5.75 Å². The highest BCUT2D eigenvalue weighted by atomic mass is 35.5. The van der Waals surface area contributed by atoms with E-state index in [0.717, 1.165) is 30.0 Å². The number of aryl methyl sites for hydroxylation is 1. The van der Waals surface area contributed by atoms with E-state index < -0.39 is 6.10 Å². The molecule has 128 valence electrons. The van der Waals surface area contributed by atoms with Gasteiger partial charge in [0, 0.05) is 19.6 Å². The summed E-state index contributed by atoms with van der Waals surface area (Å²) in [5, 5.41) is 6.26. The molecule has 0 bridgehead atoms. The third-order valence-electron chi connectivity index (χ3n) is 4.04. The van der Waals surface area contributed by atoms with Crippen molar-refractivity contribution in [2.45, 2.75) is 39.6 Å². The van der Waals surface area contributed by atoms with Crippen LogP contribution in [0.15, 0.2) is 42.5 Å². The van der Waals surface area contributed by atoms with Crippen molar-refractivity contribution >= 4 is 18.3 Å². The molecular weight excluding hydrogens is 324 g/mol. The minimum absolute atomic E-state index is 0. The fourth-order valence-electron chi connectivity index (χ4n) is 2.74. The molecule has 1 amide bonds. The van der Waals surface area contributed by atoms with Crippen LogP contribution >= 0.6 is 12.4 Å². The van der Waals surface area contributed by atoms with Gasteiger partial charge in [-0.15, -0.1) is 12.4 Å². The van der Waals surface area contributed by atoms with Crippen LogP contribution in [0.2, 0.25) is 0 Å². The van der Waals surface area contributed by atoms with Gasteiger partial charge < -0.3 is 15.4 Å². The van der Waals surface area contributed by atoms with Crippen LogP contribution in [0, 0.1) is 6.92 Å². The zero-order valence-electron chi connectivity index (χ0n) is 14.0. The molecule has 2 aromatic rings. The van der Waals surface area contributed by atoms with Crippen LogP contribution in [0.1, 0.15) is 29.2 Å². The van der Waals surface area contributed by atoms with Crippen molar-refractivity contribution in [1.82, 2.24) is 10.6 Å². The Morgan fingerprint density at radius 2 is 2.00 bits per heavy atom. The zero-order valence-corrected chi connectivity index (χ0v) is 14.8. The summed E-state index contributed by atoms with van der Waals surface area (Å²) in [5.41, 5.74) is 4.89. The van der Waals surface area contributed by atoms with Gasteiger partial charge in [-0.2, -0.15) is 0 Å². The van der Waals surface area contributed by atoms with Crippen LogP contribution in [0.5, 0.6) is 5.75 Å². The molecule has 3 rings (SSSR count). The second kappa shape index (κ2) is 8.18. The van der Waals surface area contributed by atoms with Crippen LogP contribution in [-0.4, -0.2) is 12.0 Å². The van der Waals surface area contributed by atoms with Crippen LogP contribution in [0.4, 0.5) is 0 Å². The number of ether oxygens (including phenoxy) is 1. The lowest BCUT2D eigenvalue weighted by Gasteiger charge is -2.15. The summed E-state index contributed by atoms with van der Waals surface area (Å²) in [6.07, 6.45) is -0.520. The molecule has 1 atom stereocenters. The summed E-state index contributed by atoms with van der Waals surface area (Å²) in [4.78, 5) is 12.2. The first-order valence-electron chi connectivity index (χ1n) is 7.94. The van der Waals surface area contributed by atoms with Crippen LogP contribution in [0.3, 0.4) is 0 Å². The molecule has 1 aliphatic rings. The summed E-state index contributed by atoms with van der Waals surface area (Å²) in [6.45, 7) is 6.13. The molecule has 24 heavy (non-hydrogen) atoms. The molecule has 0 aromatic heterocycles. The van der Waals surface area contributed by atoms with E-state index >= 15 is 0 Å². The molecule has 2 N–H and O–H groups in total. The number of carbonyl (C=O) groups excluding carboxylic acids is 1. The second-order valence-corrected chi connectivity index (χ2v) is 6.00. The summed E-state index contributed by atoms with van der Waals surface area (Å²) in [6, 6.07) is 14.1. The van der Waals surface area contributed by atoms with E-state index in [1.807, 2.05) is 31.2 Å². The van der Waals surface area contributed by atoms with Crippen molar-refractivity contribution in [2.75, 3.05) is 0 Å². The van der Waals surface area contributed by atoms with Gasteiger partial charge in [0.25, 0.3) is 5.91 Å². The number of hydrogen-bond acceptors (Lipinski definition) is 3. The standard InChI is InChI=1S/C19H22N2O2.ClH/c1-13-4-3-5-18(8-13)23-14(2)19(22)21-10-15-6-7-16-11-20-12-17(16)9-15;/h3-9,14,20H,10-12H2,1-2H3,(H,21,22);1H. The number of halogens is 1. The number of amides is 1. The van der Waals surface area contributed by atoms with E-state index in [2.05, 4.69) is 28.8 Å². The van der Waals surface area contributed by atoms with Gasteiger partial charge in [0.05, 0.1) is 0 Å². The lowest BCUT2D eigenvalue weighted by molar-refractivity contribution is -0.127. The van der Waals surface area contributed by atoms with Crippen molar-refractivity contribution < 1.29 is 9.53 Å². The molecule has 1 unspecified atom stereocenters. The number of fused-ring (bicyclic) bond motifs is 1. The van der Waals surface area contributed by atoms with E-state index in [9.17, 15) is 4.79 Å². The van der Waals surface area contributed by atoms with Gasteiger partial charge >= 0.3 is 0 Å². The van der Waals surface area contributed by atoms with E-state index in [1.165, 1.54) is 11.1 Å². The quantitative estimate of drug-likeness (QED) is 0.874. The van der Waals surface area contributed by atoms with Crippen molar-refractivity contribution in [2.24, 2.45) is 0 Å². The zero-order chi connectivity index (χ0) is 16.2. The highest BCUT2D eigenvalue weighted by Crippen LogP contribution is 2.17. The minimum atomic E-state index is -0.520. The first-order valence-corrected chi connectivity index (χ1v) is 7.94. The van der Waals surface area contributed by atoms with Crippen LogP contribution in [0.25, 0.3) is 0 Å². The normalized spacial score (nSPS) is 13.6. The fourth-order valence-corrected chi connectivity index (χ4v) is 2.74. The number of rotatable bonds is 5. The Labute approximate surface area is 149 Å². The lowest BCUT2D eigenvalue weighted by Crippen LogP contribution is -2.35. The number of hydrogen-bond donors (Lipinski definition) is 2. The van der Waals surface area contributed by atoms with Crippen LogP contribution in [-0.2, 0) is 24.4 Å². The van der Waals surface area contributed by atoms with Crippen molar-refractivity contribution in [3.05, 3.63) is 64.7 Å². The summed E-state index contributed by atoms with van der Waals surface area (Å²) >= 11 is 0. The summed E-state index contributed by atoms with van der Waals surface area (Å²) < 4.78 is 5.70. The largest absolute Gasteiger partial charge is 0.481 e. The molecule has 0 saturated carbocycles. The summed E-state index contributed by atoms with van der Waals surface area (Å²) in [5.74, 6) is 0.612. The van der Waals surface area contributed by atoms with Crippen LogP contribution < -0.4 is 15.4 Å². The average molecular weight is 347 g/mol. The highest BCUT2D eigenvalue weighted by Gasteiger charge is 2.15. The van der Waals surface area contributed by atoms with Crippen molar-refractivity contribution in [1.29, 1.82) is 0 Å². The highest BCUT2D eigenvalue weighted by molar-refractivity contribution is 5.85. The molecule has 1 aliphatic heterocycles. The summed E-state index contributed by atoms with van der Waals surface area (Å²) in [7, 11) is 0. The second-order valence-electron chi connectivity index (χ2n) is 6.00. The number of carbonyl (C=O) groups is 1. The third kappa shape index (κ3) is 4.49. The topological polar surface area (TPSA) is 50.4 Å². The van der Waals surface area contributed by atoms with Gasteiger partial charge in [-0.25, -0.2) is 0 Å². The Kier molecular flexibility index (Phi) is 6.23. The Bertz CT molecular complexity index is 718. The van der Waals surface area contributed by atoms with Gasteiger partial charge in [-0.05, 0) is 48.2 Å². The van der Waals surface area contributed by atoms with E-state index in [4.69, 9.17) is 4.74 Å². The maximum atomic E-state index is 12.2. The molecule has 0 radical (unpaired) electrons. The fraction of sp³-hybridized carbons (Fsp3) is 0.316. The molecule has 1 heterocycles. The maximum Gasteiger partial charge on any atom is 0.261 e. The Hall–Kier alpha value is -2.04. The first kappa shape index (κ1) is 18.3. The molecule has 4 nitrogen and oxygen atoms in total. The molecule has 5 heteroatoms. The van der Waals surface area contributed by atoms with Gasteiger partial charge in [0.2, 0.25) is 0 Å². The van der Waals surface area contributed by atoms with Gasteiger partial charge in [-0.3, -0.25) is 4.79 Å². The first-order chi connectivity index (χ1) is 11.1. The van der Waals surface area contributed by atoms with Gasteiger partial charge in [-0.1, -0.05) is 30.3 Å². The minimum Gasteiger partial charge on any atom is -0.481 e. The Morgan fingerprint density at radius 1 is 1.21 bits per heavy atom. The number of nitrogens with one attached hydrogen (secondary N) is 2. The number of benzene rings is 2. The molecule has 0 saturated heterocycles. The van der Waals surface area contributed by atoms with Gasteiger partial charge in [0.15, 0.2) is 6.10 Å². The van der Waals surface area contributed by atoms with Crippen molar-refractivity contribution in [3.63, 3.8) is 0 Å². The molecule has 0 spiro atoms. The Morgan fingerprint density at radius 3 is 2.79 bits per heavy atom. The molecular formula is C19H23ClN2O2. The Balaban J connectivity index is 0.00000208. The predicted octanol–water partition coefficient (Wildman–Crippen LogP) is 3.10. The van der Waals surface area contributed by atoms with E-state index in [-0.39, 0.29) is 18.3 Å². The smallest absolute Gasteiger partial charge is 0.261 e. The lowest BCUT2D eigenvalue weighted by atomic mass is 10.1. The molecule has 0 fully saturated rings. The molecule has 2 aromatic carbocycles. The van der Waals surface area contributed by atoms with Gasteiger partial charge in [0.1, 0.15) is 5.75 Å². The SMILES string of the molecule is Cc1cccc(OC(C)C(=O)NCc2ccc3c(c2)CNC3)c1.Cl. The monoisotopic (exact) mass is 346 g/mol. The predicted molar refractivity (Wildman–Crippen MR) is 97.3 cm³/mol. The van der Waals surface area contributed by atoms with E-state index in [0.29, 0.717) is 6.54 Å². The maximum absolute atomic E-state index is 12.2. The average Bonchev–Trinajstić information content (AvgIpc) is 3.00.